The molecule has 0 aromatic heterocycles. The maximum atomic E-state index is 8.88. The number of hydrogen-bond acceptors (Lipinski definition) is 7. The van der Waals surface area contributed by atoms with Crippen LogP contribution in [0.1, 0.15) is 0 Å². The Morgan fingerprint density at radius 2 is 0.818 bits per heavy atom. The van der Waals surface area contributed by atoms with Gasteiger partial charge in [0.15, 0.2) is 0 Å². The van der Waals surface area contributed by atoms with Crippen LogP contribution in [0, 0.1) is 0 Å². The lowest BCUT2D eigenvalue weighted by atomic mass is 10.3. The van der Waals surface area contributed by atoms with E-state index in [0.717, 1.165) is 25.3 Å². The van der Waals surface area contributed by atoms with E-state index in [9.17, 15) is 0 Å². The fraction of sp³-hybridized carbons (Fsp3) is 0.143. The molecule has 0 fully saturated rings. The quantitative estimate of drug-likeness (QED) is 0.470. The van der Waals surface area contributed by atoms with E-state index in [-0.39, 0.29) is 41.2 Å². The van der Waals surface area contributed by atoms with E-state index in [1.165, 1.54) is 25.3 Å². The SMILES string of the molecule is CO.COc1cc(O)cc(O)c1.Cl.Oc1cc(O)cc(O)c1. The van der Waals surface area contributed by atoms with Crippen LogP contribution < -0.4 is 4.74 Å². The first-order valence-corrected chi connectivity index (χ1v) is 5.64. The van der Waals surface area contributed by atoms with Crippen LogP contribution in [-0.2, 0) is 0 Å². The second kappa shape index (κ2) is 11.2. The first-order chi connectivity index (χ1) is 9.90. The monoisotopic (exact) mass is 334 g/mol. The van der Waals surface area contributed by atoms with Crippen LogP contribution in [0.4, 0.5) is 0 Å². The molecule has 2 aromatic rings. The maximum Gasteiger partial charge on any atom is 0.126 e. The lowest BCUT2D eigenvalue weighted by Gasteiger charge is -1.99. The van der Waals surface area contributed by atoms with E-state index in [2.05, 4.69) is 0 Å². The molecule has 0 saturated carbocycles. The summed E-state index contributed by atoms with van der Waals surface area (Å²) in [5.74, 6) is -0.00120. The molecule has 6 N–H and O–H groups in total. The Morgan fingerprint density at radius 3 is 1.05 bits per heavy atom. The number of benzene rings is 2. The van der Waals surface area contributed by atoms with E-state index in [0.29, 0.717) is 5.75 Å². The maximum absolute atomic E-state index is 8.88. The van der Waals surface area contributed by atoms with Crippen molar-refractivity contribution in [3.63, 3.8) is 0 Å². The molecule has 0 bridgehead atoms. The van der Waals surface area contributed by atoms with Gasteiger partial charge in [-0.3, -0.25) is 0 Å². The van der Waals surface area contributed by atoms with Gasteiger partial charge in [0.1, 0.15) is 34.5 Å². The molecule has 0 heterocycles. The van der Waals surface area contributed by atoms with Gasteiger partial charge in [0, 0.05) is 43.5 Å². The third-order valence-electron chi connectivity index (χ3n) is 2.00. The van der Waals surface area contributed by atoms with Crippen molar-refractivity contribution in [3.05, 3.63) is 36.4 Å². The minimum atomic E-state index is -0.146. The van der Waals surface area contributed by atoms with Crippen molar-refractivity contribution in [2.45, 2.75) is 0 Å². The second-order valence-electron chi connectivity index (χ2n) is 3.60. The standard InChI is InChI=1S/C7H8O3.C6H6O3.CH4O.ClH/c1-10-7-3-5(8)2-6(9)4-7;7-4-1-5(8)3-6(9)2-4;1-2;/h2-4,8-9H,1H3;1-3,7-9H;2H,1H3;1H. The highest BCUT2D eigenvalue weighted by atomic mass is 35.5. The molecule has 0 unspecified atom stereocenters. The highest BCUT2D eigenvalue weighted by Gasteiger charge is 1.96. The topological polar surface area (TPSA) is 131 Å². The van der Waals surface area contributed by atoms with Crippen LogP contribution in [0.5, 0.6) is 34.5 Å². The van der Waals surface area contributed by atoms with Gasteiger partial charge in [0.05, 0.1) is 7.11 Å². The van der Waals surface area contributed by atoms with Gasteiger partial charge >= 0.3 is 0 Å². The van der Waals surface area contributed by atoms with Crippen LogP contribution in [0.15, 0.2) is 36.4 Å². The van der Waals surface area contributed by atoms with E-state index in [1.54, 1.807) is 0 Å². The second-order valence-corrected chi connectivity index (χ2v) is 3.60. The minimum absolute atomic E-state index is 0. The Kier molecular flexibility index (Phi) is 11.1. The number of rotatable bonds is 1. The van der Waals surface area contributed by atoms with Crippen molar-refractivity contribution in [1.82, 2.24) is 0 Å². The molecular formula is C14H19ClO7. The molecule has 0 aliphatic rings. The number of ether oxygens (including phenoxy) is 1. The number of phenols is 5. The normalized spacial score (nSPS) is 8.32. The van der Waals surface area contributed by atoms with Crippen molar-refractivity contribution in [1.29, 1.82) is 0 Å². The first-order valence-electron chi connectivity index (χ1n) is 5.64. The number of aliphatic hydroxyl groups is 1. The van der Waals surface area contributed by atoms with Crippen LogP contribution in [0.3, 0.4) is 0 Å². The summed E-state index contributed by atoms with van der Waals surface area (Å²) < 4.78 is 4.76. The fourth-order valence-corrected chi connectivity index (χ4v) is 1.27. The average molecular weight is 335 g/mol. The Morgan fingerprint density at radius 1 is 0.591 bits per heavy atom. The zero-order valence-electron chi connectivity index (χ0n) is 12.0. The molecule has 0 aliphatic heterocycles. The molecule has 0 atom stereocenters. The average Bonchev–Trinajstić information content (AvgIpc) is 2.39. The zero-order chi connectivity index (χ0) is 16.4. The number of phenolic OH excluding ortho intramolecular Hbond substituents is 5. The largest absolute Gasteiger partial charge is 0.508 e. The van der Waals surface area contributed by atoms with Gasteiger partial charge in [0.2, 0.25) is 0 Å². The molecule has 0 radical (unpaired) electrons. The third-order valence-corrected chi connectivity index (χ3v) is 2.00. The van der Waals surface area contributed by atoms with Gasteiger partial charge < -0.3 is 35.4 Å². The summed E-state index contributed by atoms with van der Waals surface area (Å²) in [6.07, 6.45) is 0. The molecule has 2 aromatic carbocycles. The summed E-state index contributed by atoms with van der Waals surface area (Å²) in [6.45, 7) is 0. The number of halogens is 1. The predicted octanol–water partition coefficient (Wildman–Crippen LogP) is 1.94. The smallest absolute Gasteiger partial charge is 0.126 e. The number of aromatic hydroxyl groups is 5. The molecule has 8 heteroatoms. The summed E-state index contributed by atoms with van der Waals surface area (Å²) in [4.78, 5) is 0. The molecule has 0 amide bonds. The molecular weight excluding hydrogens is 316 g/mol. The molecule has 22 heavy (non-hydrogen) atoms. The Hall–Kier alpha value is -2.51. The fourth-order valence-electron chi connectivity index (χ4n) is 1.27. The molecule has 0 saturated heterocycles. The number of hydrogen-bond donors (Lipinski definition) is 6. The van der Waals surface area contributed by atoms with Gasteiger partial charge in [-0.25, -0.2) is 0 Å². The molecule has 0 aliphatic carbocycles. The van der Waals surface area contributed by atoms with Gasteiger partial charge in [-0.2, -0.15) is 0 Å². The third kappa shape index (κ3) is 8.62. The van der Waals surface area contributed by atoms with Crippen molar-refractivity contribution >= 4 is 12.4 Å². The van der Waals surface area contributed by atoms with Crippen LogP contribution in [-0.4, -0.2) is 44.9 Å². The summed E-state index contributed by atoms with van der Waals surface area (Å²) in [5, 5.41) is 50.8. The van der Waals surface area contributed by atoms with Gasteiger partial charge in [-0.05, 0) is 0 Å². The molecule has 0 spiro atoms. The number of methoxy groups -OCH3 is 1. The van der Waals surface area contributed by atoms with Crippen LogP contribution in [0.2, 0.25) is 0 Å². The van der Waals surface area contributed by atoms with E-state index in [4.69, 9.17) is 35.4 Å². The number of aliphatic hydroxyl groups excluding tert-OH is 1. The highest BCUT2D eigenvalue weighted by molar-refractivity contribution is 5.85. The van der Waals surface area contributed by atoms with Gasteiger partial charge in [-0.15, -0.1) is 12.4 Å². The van der Waals surface area contributed by atoms with Crippen molar-refractivity contribution in [3.8, 4) is 34.5 Å². The van der Waals surface area contributed by atoms with Gasteiger partial charge in [0.25, 0.3) is 0 Å². The first kappa shape index (κ1) is 21.8. The minimum Gasteiger partial charge on any atom is -0.508 e. The predicted molar refractivity (Wildman–Crippen MR) is 83.2 cm³/mol. The van der Waals surface area contributed by atoms with Crippen molar-refractivity contribution in [2.75, 3.05) is 14.2 Å². The summed E-state index contributed by atoms with van der Waals surface area (Å²) in [6, 6.07) is 7.49. The highest BCUT2D eigenvalue weighted by Crippen LogP contribution is 2.25. The molecule has 124 valence electrons. The van der Waals surface area contributed by atoms with Crippen LogP contribution in [0.25, 0.3) is 0 Å². The molecule has 7 nitrogen and oxygen atoms in total. The molecule has 2 rings (SSSR count). The zero-order valence-corrected chi connectivity index (χ0v) is 12.8. The Labute approximate surface area is 133 Å². The van der Waals surface area contributed by atoms with E-state index < -0.39 is 0 Å². The van der Waals surface area contributed by atoms with Gasteiger partial charge in [-0.1, -0.05) is 0 Å². The van der Waals surface area contributed by atoms with Crippen molar-refractivity contribution in [2.24, 2.45) is 0 Å². The van der Waals surface area contributed by atoms with Crippen LogP contribution >= 0.6 is 12.4 Å². The summed E-state index contributed by atoms with van der Waals surface area (Å²) in [7, 11) is 2.47. The van der Waals surface area contributed by atoms with E-state index >= 15 is 0 Å². The lowest BCUT2D eigenvalue weighted by molar-refractivity contribution is 0.398. The lowest BCUT2D eigenvalue weighted by Crippen LogP contribution is -1.80. The Balaban J connectivity index is 0. The summed E-state index contributed by atoms with van der Waals surface area (Å²) >= 11 is 0. The summed E-state index contributed by atoms with van der Waals surface area (Å²) in [5.41, 5.74) is 0. The van der Waals surface area contributed by atoms with Crippen molar-refractivity contribution < 1.29 is 35.4 Å². The Bertz CT molecular complexity index is 490. The van der Waals surface area contributed by atoms with E-state index in [1.807, 2.05) is 0 Å².